The third-order valence-corrected chi connectivity index (χ3v) is 2.38. The van der Waals surface area contributed by atoms with Crippen LogP contribution in [-0.2, 0) is 0 Å². The second-order valence-electron chi connectivity index (χ2n) is 3.41. The van der Waals surface area contributed by atoms with Gasteiger partial charge in [0, 0.05) is 18.2 Å². The Morgan fingerprint density at radius 3 is 3.00 bits per heavy atom. The smallest absolute Gasteiger partial charge is 0.387 e. The summed E-state index contributed by atoms with van der Waals surface area (Å²) in [6, 6.07) is 5.00. The van der Waals surface area contributed by atoms with Gasteiger partial charge in [0.2, 0.25) is 0 Å². The van der Waals surface area contributed by atoms with Crippen LogP contribution in [0.1, 0.15) is 18.4 Å². The van der Waals surface area contributed by atoms with Crippen LogP contribution in [0.25, 0.3) is 0 Å². The Bertz CT molecular complexity index is 341. The SMILES string of the molecule is CC1CNc2ccc(OC(F)F)cc21. The molecule has 1 N–H and O–H groups in total. The summed E-state index contributed by atoms with van der Waals surface area (Å²) in [6.07, 6.45) is 0. The van der Waals surface area contributed by atoms with Gasteiger partial charge in [-0.25, -0.2) is 0 Å². The number of benzene rings is 1. The zero-order chi connectivity index (χ0) is 10.1. The first kappa shape index (κ1) is 9.24. The van der Waals surface area contributed by atoms with E-state index in [1.54, 1.807) is 18.2 Å². The zero-order valence-electron chi connectivity index (χ0n) is 7.76. The van der Waals surface area contributed by atoms with Crippen LogP contribution in [0.4, 0.5) is 14.5 Å². The summed E-state index contributed by atoms with van der Waals surface area (Å²) < 4.78 is 28.2. The lowest BCUT2D eigenvalue weighted by molar-refractivity contribution is -0.0498. The molecule has 0 radical (unpaired) electrons. The van der Waals surface area contributed by atoms with E-state index >= 15 is 0 Å². The van der Waals surface area contributed by atoms with Crippen LogP contribution in [0.5, 0.6) is 5.75 Å². The fourth-order valence-corrected chi connectivity index (χ4v) is 1.66. The molecule has 1 aliphatic rings. The molecule has 0 amide bonds. The highest BCUT2D eigenvalue weighted by Crippen LogP contribution is 2.34. The summed E-state index contributed by atoms with van der Waals surface area (Å²) in [4.78, 5) is 0. The highest BCUT2D eigenvalue weighted by molar-refractivity contribution is 5.59. The van der Waals surface area contributed by atoms with E-state index in [4.69, 9.17) is 0 Å². The molecule has 1 heterocycles. The van der Waals surface area contributed by atoms with Gasteiger partial charge in [0.1, 0.15) is 5.75 Å². The molecule has 0 fully saturated rings. The van der Waals surface area contributed by atoms with E-state index in [1.807, 2.05) is 6.92 Å². The number of hydrogen-bond donors (Lipinski definition) is 1. The molecular formula is C10H11F2NO. The molecule has 0 bridgehead atoms. The Morgan fingerprint density at radius 1 is 1.50 bits per heavy atom. The van der Waals surface area contributed by atoms with Gasteiger partial charge in [-0.15, -0.1) is 0 Å². The topological polar surface area (TPSA) is 21.3 Å². The maximum absolute atomic E-state index is 11.9. The molecule has 0 saturated carbocycles. The van der Waals surface area contributed by atoms with Crippen molar-refractivity contribution in [3.05, 3.63) is 23.8 Å². The van der Waals surface area contributed by atoms with Crippen molar-refractivity contribution in [3.8, 4) is 5.75 Å². The minimum Gasteiger partial charge on any atom is -0.435 e. The first-order chi connectivity index (χ1) is 6.66. The minimum atomic E-state index is -2.75. The maximum atomic E-state index is 11.9. The van der Waals surface area contributed by atoms with Crippen molar-refractivity contribution in [2.24, 2.45) is 0 Å². The lowest BCUT2D eigenvalue weighted by Crippen LogP contribution is -2.02. The van der Waals surface area contributed by atoms with E-state index in [0.29, 0.717) is 5.92 Å². The Labute approximate surface area is 80.9 Å². The Hall–Kier alpha value is -1.32. The lowest BCUT2D eigenvalue weighted by atomic mass is 10.0. The average molecular weight is 199 g/mol. The normalized spacial score (nSPS) is 19.3. The summed E-state index contributed by atoms with van der Waals surface area (Å²) in [5, 5.41) is 3.19. The summed E-state index contributed by atoms with van der Waals surface area (Å²) in [5.74, 6) is 0.584. The van der Waals surface area contributed by atoms with Crippen molar-refractivity contribution < 1.29 is 13.5 Å². The van der Waals surface area contributed by atoms with Gasteiger partial charge in [0.25, 0.3) is 0 Å². The molecule has 2 rings (SSSR count). The Balaban J connectivity index is 2.26. The van der Waals surface area contributed by atoms with Crippen molar-refractivity contribution in [2.75, 3.05) is 11.9 Å². The molecule has 14 heavy (non-hydrogen) atoms. The minimum absolute atomic E-state index is 0.231. The highest BCUT2D eigenvalue weighted by atomic mass is 19.3. The predicted octanol–water partition coefficient (Wildman–Crippen LogP) is 2.82. The highest BCUT2D eigenvalue weighted by Gasteiger charge is 2.18. The molecule has 2 nitrogen and oxygen atoms in total. The number of rotatable bonds is 2. The number of alkyl halides is 2. The molecule has 1 aliphatic heterocycles. The predicted molar refractivity (Wildman–Crippen MR) is 50.0 cm³/mol. The van der Waals surface area contributed by atoms with Crippen LogP contribution < -0.4 is 10.1 Å². The van der Waals surface area contributed by atoms with Crippen LogP contribution in [0.2, 0.25) is 0 Å². The number of hydrogen-bond acceptors (Lipinski definition) is 2. The van der Waals surface area contributed by atoms with Gasteiger partial charge in [0.05, 0.1) is 0 Å². The fourth-order valence-electron chi connectivity index (χ4n) is 1.66. The molecule has 1 atom stereocenters. The number of nitrogens with one attached hydrogen (secondary N) is 1. The van der Waals surface area contributed by atoms with Crippen LogP contribution >= 0.6 is 0 Å². The first-order valence-electron chi connectivity index (χ1n) is 4.49. The molecule has 0 saturated heterocycles. The number of ether oxygens (including phenoxy) is 1. The lowest BCUT2D eigenvalue weighted by Gasteiger charge is -2.07. The van der Waals surface area contributed by atoms with Gasteiger partial charge in [-0.3, -0.25) is 0 Å². The molecule has 76 valence electrons. The van der Waals surface area contributed by atoms with E-state index in [-0.39, 0.29) is 5.75 Å². The van der Waals surface area contributed by atoms with E-state index < -0.39 is 6.61 Å². The molecule has 0 aromatic heterocycles. The van der Waals surface area contributed by atoms with Gasteiger partial charge >= 0.3 is 6.61 Å². The molecular weight excluding hydrogens is 188 g/mol. The fraction of sp³-hybridized carbons (Fsp3) is 0.400. The third kappa shape index (κ3) is 1.64. The maximum Gasteiger partial charge on any atom is 0.387 e. The van der Waals surface area contributed by atoms with Crippen LogP contribution in [-0.4, -0.2) is 13.2 Å². The zero-order valence-corrected chi connectivity index (χ0v) is 7.76. The molecule has 0 spiro atoms. The summed E-state index contributed by atoms with van der Waals surface area (Å²) in [5.41, 5.74) is 2.06. The van der Waals surface area contributed by atoms with Crippen molar-refractivity contribution in [1.82, 2.24) is 0 Å². The van der Waals surface area contributed by atoms with Gasteiger partial charge in [-0.2, -0.15) is 8.78 Å². The molecule has 1 aromatic rings. The first-order valence-corrected chi connectivity index (χ1v) is 4.49. The summed E-state index contributed by atoms with van der Waals surface area (Å²) in [7, 11) is 0. The Morgan fingerprint density at radius 2 is 2.29 bits per heavy atom. The third-order valence-electron chi connectivity index (χ3n) is 2.38. The summed E-state index contributed by atoms with van der Waals surface area (Å²) >= 11 is 0. The van der Waals surface area contributed by atoms with E-state index in [0.717, 1.165) is 17.8 Å². The summed E-state index contributed by atoms with van der Waals surface area (Å²) in [6.45, 7) is 0.149. The second kappa shape index (κ2) is 3.44. The molecule has 1 unspecified atom stereocenters. The Kier molecular flexibility index (Phi) is 2.27. The van der Waals surface area contributed by atoms with Gasteiger partial charge < -0.3 is 10.1 Å². The van der Waals surface area contributed by atoms with E-state index in [9.17, 15) is 8.78 Å². The van der Waals surface area contributed by atoms with Gasteiger partial charge in [0.15, 0.2) is 0 Å². The van der Waals surface area contributed by atoms with Crippen molar-refractivity contribution in [3.63, 3.8) is 0 Å². The van der Waals surface area contributed by atoms with Gasteiger partial charge in [-0.1, -0.05) is 6.92 Å². The van der Waals surface area contributed by atoms with Crippen LogP contribution in [0.15, 0.2) is 18.2 Å². The second-order valence-corrected chi connectivity index (χ2v) is 3.41. The number of halogens is 2. The van der Waals surface area contributed by atoms with Crippen LogP contribution in [0, 0.1) is 0 Å². The quantitative estimate of drug-likeness (QED) is 0.790. The van der Waals surface area contributed by atoms with Gasteiger partial charge in [-0.05, 0) is 23.8 Å². The van der Waals surface area contributed by atoms with E-state index in [1.165, 1.54) is 0 Å². The standard InChI is InChI=1S/C10H11F2NO/c1-6-5-13-9-3-2-7(4-8(6)9)14-10(11)12/h2-4,6,10,13H,5H2,1H3. The number of anilines is 1. The van der Waals surface area contributed by atoms with Crippen molar-refractivity contribution in [2.45, 2.75) is 19.5 Å². The number of fused-ring (bicyclic) bond motifs is 1. The molecule has 0 aliphatic carbocycles. The van der Waals surface area contributed by atoms with Crippen LogP contribution in [0.3, 0.4) is 0 Å². The van der Waals surface area contributed by atoms with E-state index in [2.05, 4.69) is 10.1 Å². The van der Waals surface area contributed by atoms with Crippen molar-refractivity contribution in [1.29, 1.82) is 0 Å². The molecule has 1 aromatic carbocycles. The van der Waals surface area contributed by atoms with Crippen molar-refractivity contribution >= 4 is 5.69 Å². The average Bonchev–Trinajstić information content (AvgIpc) is 2.47. The molecule has 4 heteroatoms. The largest absolute Gasteiger partial charge is 0.435 e. The monoisotopic (exact) mass is 199 g/mol.